The van der Waals surface area contributed by atoms with Crippen LogP contribution in [0.25, 0.3) is 0 Å². The number of nitrogens with zero attached hydrogens (tertiary/aromatic N) is 1. The Morgan fingerprint density at radius 3 is 2.71 bits per heavy atom. The molecule has 1 aromatic rings. The Kier molecular flexibility index (Phi) is 7.21. The predicted molar refractivity (Wildman–Crippen MR) is 97.2 cm³/mol. The minimum atomic E-state index is -3.58. The van der Waals surface area contributed by atoms with E-state index in [0.717, 1.165) is 24.0 Å². The van der Waals surface area contributed by atoms with Crippen molar-refractivity contribution in [2.24, 2.45) is 0 Å². The van der Waals surface area contributed by atoms with E-state index in [2.05, 4.69) is 37.8 Å². The second-order valence-corrected chi connectivity index (χ2v) is 8.51. The fourth-order valence-corrected chi connectivity index (χ4v) is 4.15. The number of nitrogens with one attached hydrogen (secondary N) is 2. The van der Waals surface area contributed by atoms with Crippen LogP contribution in [0.1, 0.15) is 26.2 Å². The minimum Gasteiger partial charge on any atom is -0.354 e. The zero-order valence-corrected chi connectivity index (χ0v) is 16.2. The van der Waals surface area contributed by atoms with Crippen molar-refractivity contribution in [3.05, 3.63) is 28.7 Å². The SMILES string of the molecule is CCN1CCC[C@@H]1CNC(=O)CCNS(=O)(=O)c1ccc(Br)cc1. The lowest BCUT2D eigenvalue weighted by atomic mass is 10.2. The van der Waals surface area contributed by atoms with Crippen LogP contribution in [0.5, 0.6) is 0 Å². The Morgan fingerprint density at radius 2 is 2.04 bits per heavy atom. The molecule has 8 heteroatoms. The molecular formula is C16H24BrN3O3S. The van der Waals surface area contributed by atoms with Crippen molar-refractivity contribution >= 4 is 31.9 Å². The molecule has 1 fully saturated rings. The molecule has 2 N–H and O–H groups in total. The minimum absolute atomic E-state index is 0.0897. The first-order valence-corrected chi connectivity index (χ1v) is 10.5. The first-order chi connectivity index (χ1) is 11.4. The predicted octanol–water partition coefficient (Wildman–Crippen LogP) is 1.72. The van der Waals surface area contributed by atoms with Gasteiger partial charge in [-0.05, 0) is 50.2 Å². The summed E-state index contributed by atoms with van der Waals surface area (Å²) in [6.07, 6.45) is 2.40. The summed E-state index contributed by atoms with van der Waals surface area (Å²) in [6, 6.07) is 6.78. The molecule has 2 rings (SSSR count). The van der Waals surface area contributed by atoms with Crippen molar-refractivity contribution in [3.8, 4) is 0 Å². The molecule has 1 heterocycles. The summed E-state index contributed by atoms with van der Waals surface area (Å²) in [5.41, 5.74) is 0. The van der Waals surface area contributed by atoms with Gasteiger partial charge in [0, 0.05) is 30.0 Å². The van der Waals surface area contributed by atoms with E-state index < -0.39 is 10.0 Å². The van der Waals surface area contributed by atoms with Crippen LogP contribution in [0.3, 0.4) is 0 Å². The van der Waals surface area contributed by atoms with E-state index in [1.165, 1.54) is 18.6 Å². The average molecular weight is 418 g/mol. The van der Waals surface area contributed by atoms with Crippen LogP contribution in [0.15, 0.2) is 33.6 Å². The van der Waals surface area contributed by atoms with Crippen molar-refractivity contribution in [2.75, 3.05) is 26.2 Å². The molecule has 1 aliphatic heterocycles. The molecule has 0 bridgehead atoms. The molecule has 1 atom stereocenters. The van der Waals surface area contributed by atoms with E-state index in [9.17, 15) is 13.2 Å². The molecule has 0 unspecified atom stereocenters. The van der Waals surface area contributed by atoms with E-state index in [-0.39, 0.29) is 23.8 Å². The summed E-state index contributed by atoms with van der Waals surface area (Å²) in [5.74, 6) is -0.128. The van der Waals surface area contributed by atoms with Gasteiger partial charge in [0.1, 0.15) is 0 Å². The highest BCUT2D eigenvalue weighted by atomic mass is 79.9. The van der Waals surface area contributed by atoms with Gasteiger partial charge in [0.05, 0.1) is 4.90 Å². The summed E-state index contributed by atoms with van der Waals surface area (Å²) >= 11 is 3.27. The van der Waals surface area contributed by atoms with Crippen LogP contribution in [-0.2, 0) is 14.8 Å². The van der Waals surface area contributed by atoms with Gasteiger partial charge in [0.2, 0.25) is 15.9 Å². The molecular weight excluding hydrogens is 394 g/mol. The molecule has 0 aliphatic carbocycles. The third kappa shape index (κ3) is 5.54. The fraction of sp³-hybridized carbons (Fsp3) is 0.562. The van der Waals surface area contributed by atoms with E-state index in [0.29, 0.717) is 12.6 Å². The van der Waals surface area contributed by atoms with Crippen molar-refractivity contribution in [1.82, 2.24) is 14.9 Å². The van der Waals surface area contributed by atoms with Gasteiger partial charge in [-0.1, -0.05) is 22.9 Å². The maximum Gasteiger partial charge on any atom is 0.240 e. The Labute approximate surface area is 152 Å². The second-order valence-electron chi connectivity index (χ2n) is 5.83. The number of carbonyl (C=O) groups is 1. The summed E-state index contributed by atoms with van der Waals surface area (Å²) < 4.78 is 27.5. The number of hydrogen-bond donors (Lipinski definition) is 2. The molecule has 134 valence electrons. The summed E-state index contributed by atoms with van der Waals surface area (Å²) in [7, 11) is -3.58. The monoisotopic (exact) mass is 417 g/mol. The van der Waals surface area contributed by atoms with Crippen molar-refractivity contribution < 1.29 is 13.2 Å². The molecule has 0 spiro atoms. The Morgan fingerprint density at radius 1 is 1.33 bits per heavy atom. The van der Waals surface area contributed by atoms with Gasteiger partial charge >= 0.3 is 0 Å². The second kappa shape index (κ2) is 8.94. The van der Waals surface area contributed by atoms with Crippen LogP contribution in [-0.4, -0.2) is 51.4 Å². The number of amides is 1. The third-order valence-corrected chi connectivity index (χ3v) is 6.21. The van der Waals surface area contributed by atoms with Crippen molar-refractivity contribution in [3.63, 3.8) is 0 Å². The maximum absolute atomic E-state index is 12.1. The van der Waals surface area contributed by atoms with Crippen LogP contribution < -0.4 is 10.0 Å². The molecule has 1 amide bonds. The van der Waals surface area contributed by atoms with E-state index in [1.807, 2.05) is 0 Å². The van der Waals surface area contributed by atoms with Crippen molar-refractivity contribution in [2.45, 2.75) is 37.1 Å². The number of rotatable bonds is 8. The molecule has 1 aromatic carbocycles. The Hall–Kier alpha value is -0.960. The molecule has 24 heavy (non-hydrogen) atoms. The highest BCUT2D eigenvalue weighted by Crippen LogP contribution is 2.16. The number of halogens is 1. The number of benzene rings is 1. The van der Waals surface area contributed by atoms with Crippen LogP contribution >= 0.6 is 15.9 Å². The van der Waals surface area contributed by atoms with Gasteiger partial charge in [-0.2, -0.15) is 0 Å². The van der Waals surface area contributed by atoms with Crippen LogP contribution in [0.2, 0.25) is 0 Å². The largest absolute Gasteiger partial charge is 0.354 e. The first-order valence-electron chi connectivity index (χ1n) is 8.18. The Bertz CT molecular complexity index is 649. The quantitative estimate of drug-likeness (QED) is 0.674. The summed E-state index contributed by atoms with van der Waals surface area (Å²) in [4.78, 5) is 14.4. The van der Waals surface area contributed by atoms with Crippen LogP contribution in [0.4, 0.5) is 0 Å². The number of likely N-dealkylation sites (tertiary alicyclic amines) is 1. The van der Waals surface area contributed by atoms with Crippen molar-refractivity contribution in [1.29, 1.82) is 0 Å². The first kappa shape index (κ1) is 19.4. The highest BCUT2D eigenvalue weighted by Gasteiger charge is 2.23. The normalized spacial score (nSPS) is 18.7. The number of hydrogen-bond acceptors (Lipinski definition) is 4. The van der Waals surface area contributed by atoms with E-state index in [4.69, 9.17) is 0 Å². The molecule has 1 aliphatic rings. The fourth-order valence-electron chi connectivity index (χ4n) is 2.86. The summed E-state index contributed by atoms with van der Waals surface area (Å²) in [6.45, 7) is 4.92. The topological polar surface area (TPSA) is 78.5 Å². The molecule has 0 radical (unpaired) electrons. The molecule has 0 aromatic heterocycles. The van der Waals surface area contributed by atoms with Gasteiger partial charge in [0.15, 0.2) is 0 Å². The lowest BCUT2D eigenvalue weighted by molar-refractivity contribution is -0.121. The standard InChI is InChI=1S/C16H24BrN3O3S/c1-2-20-11-3-4-14(20)12-18-16(21)9-10-19-24(22,23)15-7-5-13(17)6-8-15/h5-8,14,19H,2-4,9-12H2,1H3,(H,18,21)/t14-/m1/s1. The maximum atomic E-state index is 12.1. The van der Waals surface area contributed by atoms with Gasteiger partial charge < -0.3 is 5.32 Å². The number of likely N-dealkylation sites (N-methyl/N-ethyl adjacent to an activating group) is 1. The lowest BCUT2D eigenvalue weighted by Gasteiger charge is -2.22. The molecule has 0 saturated carbocycles. The highest BCUT2D eigenvalue weighted by molar-refractivity contribution is 9.10. The molecule has 6 nitrogen and oxygen atoms in total. The molecule has 1 saturated heterocycles. The van der Waals surface area contributed by atoms with Gasteiger partial charge in [-0.25, -0.2) is 13.1 Å². The number of carbonyl (C=O) groups excluding carboxylic acids is 1. The smallest absolute Gasteiger partial charge is 0.240 e. The van der Waals surface area contributed by atoms with Crippen LogP contribution in [0, 0.1) is 0 Å². The summed E-state index contributed by atoms with van der Waals surface area (Å²) in [5, 5.41) is 2.90. The Balaban J connectivity index is 1.73. The van der Waals surface area contributed by atoms with E-state index in [1.54, 1.807) is 12.1 Å². The third-order valence-electron chi connectivity index (χ3n) is 4.21. The van der Waals surface area contributed by atoms with E-state index >= 15 is 0 Å². The zero-order valence-electron chi connectivity index (χ0n) is 13.8. The lowest BCUT2D eigenvalue weighted by Crippen LogP contribution is -2.40. The average Bonchev–Trinajstić information content (AvgIpc) is 3.00. The number of sulfonamides is 1. The van der Waals surface area contributed by atoms with Gasteiger partial charge in [-0.3, -0.25) is 9.69 Å². The zero-order chi connectivity index (χ0) is 17.6. The van der Waals surface area contributed by atoms with Gasteiger partial charge in [0.25, 0.3) is 0 Å². The van der Waals surface area contributed by atoms with Gasteiger partial charge in [-0.15, -0.1) is 0 Å².